The summed E-state index contributed by atoms with van der Waals surface area (Å²) in [6, 6.07) is 10.00. The number of benzene rings is 1. The van der Waals surface area contributed by atoms with Gasteiger partial charge in [-0.3, -0.25) is 0 Å². The first-order chi connectivity index (χ1) is 8.76. The van der Waals surface area contributed by atoms with Crippen molar-refractivity contribution >= 4 is 0 Å². The van der Waals surface area contributed by atoms with Crippen LogP contribution in [0.4, 0.5) is 0 Å². The van der Waals surface area contributed by atoms with Crippen molar-refractivity contribution in [3.8, 4) is 0 Å². The Balaban J connectivity index is 2.12. The van der Waals surface area contributed by atoms with Crippen molar-refractivity contribution in [2.45, 2.75) is 31.7 Å². The molecule has 0 heterocycles. The molecule has 0 radical (unpaired) electrons. The zero-order valence-electron chi connectivity index (χ0n) is 10.9. The van der Waals surface area contributed by atoms with Gasteiger partial charge in [0, 0.05) is 20.1 Å². The van der Waals surface area contributed by atoms with Gasteiger partial charge in [0.2, 0.25) is 0 Å². The first-order valence-corrected chi connectivity index (χ1v) is 6.21. The summed E-state index contributed by atoms with van der Waals surface area (Å²) in [4.78, 5) is 0. The normalized spacial score (nSPS) is 14.1. The molecule has 0 fully saturated rings. The molecule has 0 aliphatic carbocycles. The highest BCUT2D eigenvalue weighted by atomic mass is 16.5. The molecule has 0 unspecified atom stereocenters. The number of hydrogen-bond donors (Lipinski definition) is 1. The third kappa shape index (κ3) is 5.96. The third-order valence-electron chi connectivity index (χ3n) is 2.78. The van der Waals surface area contributed by atoms with Crippen molar-refractivity contribution in [2.75, 3.05) is 13.7 Å². The lowest BCUT2D eigenvalue weighted by molar-refractivity contribution is 0.0392. The van der Waals surface area contributed by atoms with Gasteiger partial charge in [0.1, 0.15) is 0 Å². The van der Waals surface area contributed by atoms with Crippen LogP contribution in [-0.4, -0.2) is 31.0 Å². The summed E-state index contributed by atoms with van der Waals surface area (Å²) >= 11 is 0. The Morgan fingerprint density at radius 3 is 2.67 bits per heavy atom. The number of methoxy groups -OCH3 is 1. The van der Waals surface area contributed by atoms with Crippen molar-refractivity contribution in [2.24, 2.45) is 0 Å². The Hall–Kier alpha value is -1.16. The minimum absolute atomic E-state index is 0.0888. The van der Waals surface area contributed by atoms with Crippen LogP contribution in [0.5, 0.6) is 0 Å². The van der Waals surface area contributed by atoms with E-state index in [1.54, 1.807) is 13.2 Å². The standard InChI is InChI=1S/C15H22O3/c1-3-15(17-2)11-14(16)9-10-18-12-13-7-5-4-6-8-13/h3-8,14-16H,1,9-12H2,2H3/t14-,15-/m1/s1. The maximum absolute atomic E-state index is 9.77. The van der Waals surface area contributed by atoms with Gasteiger partial charge in [0.15, 0.2) is 0 Å². The Kier molecular flexibility index (Phi) is 7.34. The van der Waals surface area contributed by atoms with Gasteiger partial charge in [0.25, 0.3) is 0 Å². The molecule has 1 rings (SSSR count). The van der Waals surface area contributed by atoms with Crippen molar-refractivity contribution in [3.05, 3.63) is 48.6 Å². The van der Waals surface area contributed by atoms with Gasteiger partial charge in [-0.15, -0.1) is 6.58 Å². The van der Waals surface area contributed by atoms with E-state index >= 15 is 0 Å². The lowest BCUT2D eigenvalue weighted by atomic mass is 10.1. The van der Waals surface area contributed by atoms with E-state index in [0.29, 0.717) is 26.1 Å². The van der Waals surface area contributed by atoms with E-state index in [4.69, 9.17) is 9.47 Å². The highest BCUT2D eigenvalue weighted by Crippen LogP contribution is 2.07. The summed E-state index contributed by atoms with van der Waals surface area (Å²) in [5, 5.41) is 9.77. The number of rotatable bonds is 9. The third-order valence-corrected chi connectivity index (χ3v) is 2.78. The molecule has 1 N–H and O–H groups in total. The van der Waals surface area contributed by atoms with Crippen LogP contribution in [0.2, 0.25) is 0 Å². The van der Waals surface area contributed by atoms with Crippen LogP contribution < -0.4 is 0 Å². The zero-order valence-corrected chi connectivity index (χ0v) is 10.9. The molecule has 100 valence electrons. The van der Waals surface area contributed by atoms with E-state index in [1.165, 1.54) is 0 Å². The average Bonchev–Trinajstić information content (AvgIpc) is 2.42. The first-order valence-electron chi connectivity index (χ1n) is 6.21. The Morgan fingerprint density at radius 2 is 2.06 bits per heavy atom. The molecule has 0 aliphatic rings. The summed E-state index contributed by atoms with van der Waals surface area (Å²) < 4.78 is 10.6. The van der Waals surface area contributed by atoms with Gasteiger partial charge in [-0.2, -0.15) is 0 Å². The van der Waals surface area contributed by atoms with E-state index in [-0.39, 0.29) is 6.10 Å². The average molecular weight is 250 g/mol. The van der Waals surface area contributed by atoms with Crippen molar-refractivity contribution in [1.29, 1.82) is 0 Å². The molecule has 0 saturated carbocycles. The molecule has 0 aromatic heterocycles. The summed E-state index contributed by atoms with van der Waals surface area (Å²) in [5.41, 5.74) is 1.15. The zero-order chi connectivity index (χ0) is 13.2. The van der Waals surface area contributed by atoms with Gasteiger partial charge in [-0.05, 0) is 12.0 Å². The van der Waals surface area contributed by atoms with Crippen molar-refractivity contribution in [1.82, 2.24) is 0 Å². The maximum Gasteiger partial charge on any atom is 0.0774 e. The lowest BCUT2D eigenvalue weighted by Crippen LogP contribution is -2.19. The first kappa shape index (κ1) is 14.9. The molecule has 0 bridgehead atoms. The fourth-order valence-corrected chi connectivity index (χ4v) is 1.66. The molecular weight excluding hydrogens is 228 g/mol. The maximum atomic E-state index is 9.77. The summed E-state index contributed by atoms with van der Waals surface area (Å²) in [6.45, 7) is 4.78. The lowest BCUT2D eigenvalue weighted by Gasteiger charge is -2.15. The number of aliphatic hydroxyl groups is 1. The Bertz CT molecular complexity index is 324. The smallest absolute Gasteiger partial charge is 0.0774 e. The Labute approximate surface area is 109 Å². The van der Waals surface area contributed by atoms with Gasteiger partial charge in [0.05, 0.1) is 18.8 Å². The SMILES string of the molecule is C=C[C@H](C[C@H](O)CCOCc1ccccc1)OC. The molecule has 18 heavy (non-hydrogen) atoms. The second-order valence-corrected chi connectivity index (χ2v) is 4.23. The van der Waals surface area contributed by atoms with Crippen molar-refractivity contribution in [3.63, 3.8) is 0 Å². The molecule has 0 saturated heterocycles. The highest BCUT2D eigenvalue weighted by molar-refractivity contribution is 5.13. The van der Waals surface area contributed by atoms with Gasteiger partial charge in [-0.1, -0.05) is 36.4 Å². The van der Waals surface area contributed by atoms with E-state index < -0.39 is 6.10 Å². The van der Waals surface area contributed by atoms with Crippen LogP contribution in [0, 0.1) is 0 Å². The van der Waals surface area contributed by atoms with Crippen LogP contribution in [0.25, 0.3) is 0 Å². The molecule has 3 heteroatoms. The van der Waals surface area contributed by atoms with Gasteiger partial charge in [-0.25, -0.2) is 0 Å². The number of ether oxygens (including phenoxy) is 2. The predicted molar refractivity (Wildman–Crippen MR) is 72.3 cm³/mol. The van der Waals surface area contributed by atoms with Crippen LogP contribution in [0.1, 0.15) is 18.4 Å². The quantitative estimate of drug-likeness (QED) is 0.540. The highest BCUT2D eigenvalue weighted by Gasteiger charge is 2.10. The minimum atomic E-state index is -0.413. The molecule has 1 aromatic rings. The summed E-state index contributed by atoms with van der Waals surface area (Å²) in [6.07, 6.45) is 2.38. The second kappa shape index (κ2) is 8.86. The van der Waals surface area contributed by atoms with Gasteiger partial charge >= 0.3 is 0 Å². The van der Waals surface area contributed by atoms with E-state index in [9.17, 15) is 5.11 Å². The Morgan fingerprint density at radius 1 is 1.33 bits per heavy atom. The van der Waals surface area contributed by atoms with Crippen molar-refractivity contribution < 1.29 is 14.6 Å². The molecule has 0 spiro atoms. The second-order valence-electron chi connectivity index (χ2n) is 4.23. The number of hydrogen-bond acceptors (Lipinski definition) is 3. The fraction of sp³-hybridized carbons (Fsp3) is 0.467. The number of aliphatic hydroxyl groups excluding tert-OH is 1. The van der Waals surface area contributed by atoms with Crippen LogP contribution in [-0.2, 0) is 16.1 Å². The van der Waals surface area contributed by atoms with Gasteiger partial charge < -0.3 is 14.6 Å². The summed E-state index contributed by atoms with van der Waals surface area (Å²) in [7, 11) is 1.62. The molecule has 1 aromatic carbocycles. The van der Waals surface area contributed by atoms with E-state index in [1.807, 2.05) is 30.3 Å². The molecular formula is C15H22O3. The molecule has 3 nitrogen and oxygen atoms in total. The van der Waals surface area contributed by atoms with Crippen LogP contribution in [0.3, 0.4) is 0 Å². The predicted octanol–water partition coefficient (Wildman–Crippen LogP) is 2.55. The topological polar surface area (TPSA) is 38.7 Å². The molecule has 0 aliphatic heterocycles. The largest absolute Gasteiger partial charge is 0.393 e. The van der Waals surface area contributed by atoms with E-state index in [2.05, 4.69) is 6.58 Å². The molecule has 2 atom stereocenters. The molecule has 0 amide bonds. The minimum Gasteiger partial charge on any atom is -0.393 e. The van der Waals surface area contributed by atoms with E-state index in [0.717, 1.165) is 5.56 Å². The van der Waals surface area contributed by atoms with Crippen LogP contribution >= 0.6 is 0 Å². The summed E-state index contributed by atoms with van der Waals surface area (Å²) in [5.74, 6) is 0. The van der Waals surface area contributed by atoms with Crippen LogP contribution in [0.15, 0.2) is 43.0 Å². The fourth-order valence-electron chi connectivity index (χ4n) is 1.66. The monoisotopic (exact) mass is 250 g/mol.